The Labute approximate surface area is 94.7 Å². The molecule has 0 bridgehead atoms. The summed E-state index contributed by atoms with van der Waals surface area (Å²) in [5.41, 5.74) is 0.893. The summed E-state index contributed by atoms with van der Waals surface area (Å²) in [7, 11) is 0. The van der Waals surface area contributed by atoms with Gasteiger partial charge in [0.2, 0.25) is 5.95 Å². The van der Waals surface area contributed by atoms with Crippen molar-refractivity contribution in [2.24, 2.45) is 11.8 Å². The van der Waals surface area contributed by atoms with Crippen LogP contribution >= 0.6 is 0 Å². The van der Waals surface area contributed by atoms with Crippen LogP contribution in [0.4, 0.5) is 5.95 Å². The minimum Gasteiger partial charge on any atom is -0.353 e. The van der Waals surface area contributed by atoms with Crippen LogP contribution in [0.5, 0.6) is 0 Å². The lowest BCUT2D eigenvalue weighted by Gasteiger charge is -2.08. The zero-order valence-corrected chi connectivity index (χ0v) is 9.43. The van der Waals surface area contributed by atoms with Crippen LogP contribution in [0.2, 0.25) is 0 Å². The Hall–Kier alpha value is -1.58. The van der Waals surface area contributed by atoms with Gasteiger partial charge in [-0.25, -0.2) is 4.52 Å². The van der Waals surface area contributed by atoms with Crippen molar-refractivity contribution in [3.63, 3.8) is 0 Å². The molecule has 2 heterocycles. The Morgan fingerprint density at radius 3 is 3.12 bits per heavy atom. The molecule has 4 heteroatoms. The van der Waals surface area contributed by atoms with Gasteiger partial charge in [-0.15, -0.1) is 5.10 Å². The van der Waals surface area contributed by atoms with Crippen LogP contribution in [0.1, 0.15) is 19.8 Å². The van der Waals surface area contributed by atoms with Gasteiger partial charge in [-0.05, 0) is 36.8 Å². The third-order valence-corrected chi connectivity index (χ3v) is 3.25. The first-order valence-electron chi connectivity index (χ1n) is 5.88. The average Bonchev–Trinajstić information content (AvgIpc) is 3.06. The van der Waals surface area contributed by atoms with E-state index >= 15 is 0 Å². The van der Waals surface area contributed by atoms with Gasteiger partial charge in [0.1, 0.15) is 0 Å². The number of aromatic nitrogens is 3. The zero-order chi connectivity index (χ0) is 11.0. The van der Waals surface area contributed by atoms with E-state index in [9.17, 15) is 0 Å². The highest BCUT2D eigenvalue weighted by atomic mass is 15.3. The fraction of sp³-hybridized carbons (Fsp3) is 0.500. The molecule has 3 rings (SSSR count). The van der Waals surface area contributed by atoms with Crippen LogP contribution in [-0.4, -0.2) is 21.1 Å². The number of pyridine rings is 1. The molecule has 16 heavy (non-hydrogen) atoms. The maximum absolute atomic E-state index is 4.41. The van der Waals surface area contributed by atoms with Crippen molar-refractivity contribution >= 4 is 11.6 Å². The minimum atomic E-state index is 0.728. The maximum atomic E-state index is 4.41. The number of nitrogens with one attached hydrogen (secondary N) is 1. The number of rotatable bonds is 4. The Balaban J connectivity index is 1.69. The van der Waals surface area contributed by atoms with E-state index in [4.69, 9.17) is 0 Å². The molecule has 0 amide bonds. The van der Waals surface area contributed by atoms with Gasteiger partial charge < -0.3 is 5.32 Å². The van der Waals surface area contributed by atoms with Crippen LogP contribution in [-0.2, 0) is 0 Å². The molecule has 2 aromatic rings. The van der Waals surface area contributed by atoms with E-state index in [1.54, 1.807) is 4.52 Å². The molecular weight excluding hydrogens is 200 g/mol. The molecule has 1 unspecified atom stereocenters. The fourth-order valence-corrected chi connectivity index (χ4v) is 1.99. The molecule has 1 fully saturated rings. The van der Waals surface area contributed by atoms with Gasteiger partial charge in [-0.1, -0.05) is 13.0 Å². The third-order valence-electron chi connectivity index (χ3n) is 3.25. The molecule has 2 aromatic heterocycles. The van der Waals surface area contributed by atoms with Crippen LogP contribution in [0.3, 0.4) is 0 Å². The summed E-state index contributed by atoms with van der Waals surface area (Å²) in [6, 6.07) is 5.89. The number of nitrogens with zero attached hydrogens (tertiary/aromatic N) is 3. The van der Waals surface area contributed by atoms with E-state index in [0.717, 1.165) is 30.0 Å². The van der Waals surface area contributed by atoms with Gasteiger partial charge in [-0.3, -0.25) is 0 Å². The lowest BCUT2D eigenvalue weighted by Crippen LogP contribution is -2.13. The molecule has 1 atom stereocenters. The average molecular weight is 216 g/mol. The van der Waals surface area contributed by atoms with Gasteiger partial charge in [0.15, 0.2) is 5.65 Å². The van der Waals surface area contributed by atoms with Crippen molar-refractivity contribution in [3.8, 4) is 0 Å². The summed E-state index contributed by atoms with van der Waals surface area (Å²) in [5.74, 6) is 2.38. The van der Waals surface area contributed by atoms with Crippen LogP contribution in [0.25, 0.3) is 5.65 Å². The van der Waals surface area contributed by atoms with E-state index < -0.39 is 0 Å². The van der Waals surface area contributed by atoms with Gasteiger partial charge in [0, 0.05) is 12.7 Å². The van der Waals surface area contributed by atoms with Crippen molar-refractivity contribution in [2.45, 2.75) is 19.8 Å². The van der Waals surface area contributed by atoms with Crippen molar-refractivity contribution in [3.05, 3.63) is 24.4 Å². The first-order valence-corrected chi connectivity index (χ1v) is 5.88. The van der Waals surface area contributed by atoms with Crippen molar-refractivity contribution in [2.75, 3.05) is 11.9 Å². The monoisotopic (exact) mass is 216 g/mol. The SMILES string of the molecule is CC(CNc1nc2ccccn2n1)C1CC1. The second-order valence-electron chi connectivity index (χ2n) is 4.63. The lowest BCUT2D eigenvalue weighted by atomic mass is 10.1. The highest BCUT2D eigenvalue weighted by Crippen LogP contribution is 2.36. The summed E-state index contributed by atoms with van der Waals surface area (Å²) in [5, 5.41) is 7.67. The van der Waals surface area contributed by atoms with E-state index in [2.05, 4.69) is 22.3 Å². The third kappa shape index (κ3) is 1.87. The Bertz CT molecular complexity index is 453. The van der Waals surface area contributed by atoms with Gasteiger partial charge >= 0.3 is 0 Å². The Morgan fingerprint density at radius 2 is 2.38 bits per heavy atom. The smallest absolute Gasteiger partial charge is 0.243 e. The Kier molecular flexibility index (Phi) is 2.27. The van der Waals surface area contributed by atoms with Crippen LogP contribution < -0.4 is 5.32 Å². The first kappa shape index (κ1) is 9.63. The summed E-state index contributed by atoms with van der Waals surface area (Å²) < 4.78 is 1.80. The van der Waals surface area contributed by atoms with Crippen LogP contribution in [0, 0.1) is 11.8 Å². The maximum Gasteiger partial charge on any atom is 0.243 e. The minimum absolute atomic E-state index is 0.728. The fourth-order valence-electron chi connectivity index (χ4n) is 1.99. The molecule has 1 aliphatic rings. The molecule has 1 N–H and O–H groups in total. The van der Waals surface area contributed by atoms with E-state index in [1.165, 1.54) is 12.8 Å². The number of fused-ring (bicyclic) bond motifs is 1. The Morgan fingerprint density at radius 1 is 1.50 bits per heavy atom. The van der Waals surface area contributed by atoms with Gasteiger partial charge in [0.05, 0.1) is 0 Å². The molecule has 0 spiro atoms. The molecule has 0 radical (unpaired) electrons. The highest BCUT2D eigenvalue weighted by molar-refractivity contribution is 5.42. The lowest BCUT2D eigenvalue weighted by molar-refractivity contribution is 0.535. The summed E-state index contributed by atoms with van der Waals surface area (Å²) in [6.45, 7) is 3.27. The van der Waals surface area contributed by atoms with Gasteiger partial charge in [-0.2, -0.15) is 4.98 Å². The van der Waals surface area contributed by atoms with E-state index in [1.807, 2.05) is 24.4 Å². The quantitative estimate of drug-likeness (QED) is 0.851. The molecule has 0 aromatic carbocycles. The second kappa shape index (κ2) is 3.77. The summed E-state index contributed by atoms with van der Waals surface area (Å²) in [6.07, 6.45) is 4.70. The highest BCUT2D eigenvalue weighted by Gasteiger charge is 2.27. The standard InChI is InChI=1S/C12H16N4/c1-9(10-5-6-10)8-13-12-14-11-4-2-3-7-16(11)15-12/h2-4,7,9-10H,5-6,8H2,1H3,(H,13,15). The summed E-state index contributed by atoms with van der Waals surface area (Å²) >= 11 is 0. The van der Waals surface area contributed by atoms with E-state index in [0.29, 0.717) is 0 Å². The molecule has 1 saturated carbocycles. The predicted molar refractivity (Wildman–Crippen MR) is 63.4 cm³/mol. The normalized spacial score (nSPS) is 17.6. The molecule has 0 aliphatic heterocycles. The predicted octanol–water partition coefficient (Wildman–Crippen LogP) is 2.19. The van der Waals surface area contributed by atoms with Crippen molar-refractivity contribution in [1.29, 1.82) is 0 Å². The van der Waals surface area contributed by atoms with Crippen molar-refractivity contribution in [1.82, 2.24) is 14.6 Å². The zero-order valence-electron chi connectivity index (χ0n) is 9.43. The molecule has 0 saturated heterocycles. The number of hydrogen-bond acceptors (Lipinski definition) is 3. The number of anilines is 1. The second-order valence-corrected chi connectivity index (χ2v) is 4.63. The largest absolute Gasteiger partial charge is 0.353 e. The first-order chi connectivity index (χ1) is 7.83. The van der Waals surface area contributed by atoms with E-state index in [-0.39, 0.29) is 0 Å². The topological polar surface area (TPSA) is 42.2 Å². The van der Waals surface area contributed by atoms with Crippen molar-refractivity contribution < 1.29 is 0 Å². The number of hydrogen-bond donors (Lipinski definition) is 1. The van der Waals surface area contributed by atoms with Gasteiger partial charge in [0.25, 0.3) is 0 Å². The molecule has 84 valence electrons. The molecular formula is C12H16N4. The molecule has 4 nitrogen and oxygen atoms in total. The summed E-state index contributed by atoms with van der Waals surface area (Å²) in [4.78, 5) is 4.41. The van der Waals surface area contributed by atoms with Crippen LogP contribution in [0.15, 0.2) is 24.4 Å². The molecule has 1 aliphatic carbocycles.